The second kappa shape index (κ2) is 2.99. The van der Waals surface area contributed by atoms with Gasteiger partial charge in [0.05, 0.1) is 11.2 Å². The smallest absolute Gasteiger partial charge is 0.384 e. The topological polar surface area (TPSA) is 47.6 Å². The maximum atomic E-state index is 10.8. The van der Waals surface area contributed by atoms with Crippen molar-refractivity contribution in [1.82, 2.24) is 5.23 Å². The van der Waals surface area contributed by atoms with E-state index in [2.05, 4.69) is 5.23 Å². The van der Waals surface area contributed by atoms with E-state index in [-0.39, 0.29) is 17.1 Å². The van der Waals surface area contributed by atoms with Crippen molar-refractivity contribution in [3.8, 4) is 0 Å². The predicted octanol–water partition coefficient (Wildman–Crippen LogP) is 0.711. The van der Waals surface area contributed by atoms with E-state index in [1.54, 1.807) is 0 Å². The van der Waals surface area contributed by atoms with Crippen LogP contribution in [0.1, 0.15) is 34.6 Å². The maximum absolute atomic E-state index is 10.8. The van der Waals surface area contributed by atoms with E-state index in [1.165, 1.54) is 6.92 Å². The Morgan fingerprint density at radius 1 is 1.15 bits per heavy atom. The lowest BCUT2D eigenvalue weighted by Gasteiger charge is -2.32. The van der Waals surface area contributed by atoms with E-state index >= 15 is 0 Å². The number of amides is 1. The molecule has 1 amide bonds. The van der Waals surface area contributed by atoms with Gasteiger partial charge in [0.15, 0.2) is 0 Å². The first-order chi connectivity index (χ1) is 5.74. The van der Waals surface area contributed by atoms with Gasteiger partial charge in [0, 0.05) is 6.92 Å². The third-order valence-corrected chi connectivity index (χ3v) is 2.57. The maximum Gasteiger partial charge on any atom is 0.593 e. The van der Waals surface area contributed by atoms with Gasteiger partial charge in [-0.2, -0.15) is 0 Å². The Balaban J connectivity index is 2.65. The molecule has 5 heteroatoms. The van der Waals surface area contributed by atoms with E-state index < -0.39 is 7.25 Å². The minimum absolute atomic E-state index is 0.154. The molecular weight excluding hydrogens is 169 g/mol. The lowest BCUT2D eigenvalue weighted by Crippen LogP contribution is -2.41. The first-order valence-corrected chi connectivity index (χ1v) is 4.37. The molecule has 0 bridgehead atoms. The summed E-state index contributed by atoms with van der Waals surface area (Å²) in [5, 5.41) is 2.57. The fourth-order valence-electron chi connectivity index (χ4n) is 1.07. The van der Waals surface area contributed by atoms with Crippen molar-refractivity contribution in [2.75, 3.05) is 0 Å². The molecule has 0 unspecified atom stereocenters. The van der Waals surface area contributed by atoms with Crippen LogP contribution in [-0.2, 0) is 14.1 Å². The molecule has 1 aliphatic rings. The van der Waals surface area contributed by atoms with Gasteiger partial charge in [0.2, 0.25) is 5.91 Å². The zero-order valence-electron chi connectivity index (χ0n) is 8.80. The van der Waals surface area contributed by atoms with Crippen LogP contribution in [0.3, 0.4) is 0 Å². The van der Waals surface area contributed by atoms with Crippen molar-refractivity contribution < 1.29 is 14.1 Å². The Bertz CT molecular complexity index is 211. The summed E-state index contributed by atoms with van der Waals surface area (Å²) in [5.41, 5.74) is -0.778. The number of hydrogen-bond donors (Lipinski definition) is 1. The molecule has 1 fully saturated rings. The molecule has 0 saturated carbocycles. The highest BCUT2D eigenvalue weighted by atomic mass is 16.7. The van der Waals surface area contributed by atoms with Gasteiger partial charge >= 0.3 is 7.25 Å². The first kappa shape index (κ1) is 10.5. The van der Waals surface area contributed by atoms with Gasteiger partial charge in [-0.1, -0.05) is 0 Å². The van der Waals surface area contributed by atoms with Gasteiger partial charge in [-0.25, -0.2) is 0 Å². The van der Waals surface area contributed by atoms with Gasteiger partial charge in [-0.3, -0.25) is 4.79 Å². The van der Waals surface area contributed by atoms with Crippen molar-refractivity contribution in [1.29, 1.82) is 0 Å². The summed E-state index contributed by atoms with van der Waals surface area (Å²) >= 11 is 0. The van der Waals surface area contributed by atoms with Crippen molar-refractivity contribution in [2.45, 2.75) is 45.8 Å². The minimum atomic E-state index is -0.623. The average molecular weight is 185 g/mol. The summed E-state index contributed by atoms with van der Waals surface area (Å²) < 4.78 is 11.0. The summed E-state index contributed by atoms with van der Waals surface area (Å²) in [5.74, 6) is -0.154. The summed E-state index contributed by atoms with van der Waals surface area (Å²) in [7, 11) is -0.623. The minimum Gasteiger partial charge on any atom is -0.384 e. The zero-order chi connectivity index (χ0) is 10.3. The normalized spacial score (nSPS) is 24.5. The highest BCUT2D eigenvalue weighted by Crippen LogP contribution is 2.35. The third-order valence-electron chi connectivity index (χ3n) is 2.57. The number of carbonyl (C=O) groups is 1. The Hall–Kier alpha value is -0.545. The van der Waals surface area contributed by atoms with Crippen LogP contribution in [0.4, 0.5) is 0 Å². The fraction of sp³-hybridized carbons (Fsp3) is 0.875. The van der Waals surface area contributed by atoms with E-state index in [1.807, 2.05) is 27.7 Å². The van der Waals surface area contributed by atoms with Crippen LogP contribution in [0, 0.1) is 0 Å². The molecule has 0 aromatic rings. The molecule has 0 aliphatic carbocycles. The molecule has 0 radical (unpaired) electrons. The molecule has 1 aliphatic heterocycles. The number of carbonyl (C=O) groups excluding carboxylic acids is 1. The van der Waals surface area contributed by atoms with Crippen LogP contribution in [0.25, 0.3) is 0 Å². The highest BCUT2D eigenvalue weighted by Gasteiger charge is 2.52. The van der Waals surface area contributed by atoms with Crippen molar-refractivity contribution in [3.63, 3.8) is 0 Å². The largest absolute Gasteiger partial charge is 0.593 e. The summed E-state index contributed by atoms with van der Waals surface area (Å²) in [6.07, 6.45) is 0. The molecule has 1 heterocycles. The van der Waals surface area contributed by atoms with Gasteiger partial charge in [-0.05, 0) is 27.7 Å². The summed E-state index contributed by atoms with van der Waals surface area (Å²) in [6, 6.07) is 0. The Labute approximate surface area is 79.1 Å². The molecule has 4 nitrogen and oxygen atoms in total. The Kier molecular flexibility index (Phi) is 2.43. The van der Waals surface area contributed by atoms with Crippen LogP contribution < -0.4 is 5.23 Å². The summed E-state index contributed by atoms with van der Waals surface area (Å²) in [4.78, 5) is 10.8. The number of rotatable bonds is 1. The van der Waals surface area contributed by atoms with Crippen molar-refractivity contribution >= 4 is 13.2 Å². The standard InChI is InChI=1S/C8H16BNO3/c1-6(11)10-9-12-7(2,3)8(4,5)13-9/h1-5H3,(H,10,11). The van der Waals surface area contributed by atoms with Gasteiger partial charge in [-0.15, -0.1) is 0 Å². The SMILES string of the molecule is CC(=O)NB1OC(C)(C)C(C)(C)O1. The zero-order valence-corrected chi connectivity index (χ0v) is 8.80. The van der Waals surface area contributed by atoms with Crippen molar-refractivity contribution in [3.05, 3.63) is 0 Å². The molecule has 0 spiro atoms. The molecule has 0 atom stereocenters. The quantitative estimate of drug-likeness (QED) is 0.612. The van der Waals surface area contributed by atoms with Crippen molar-refractivity contribution in [2.24, 2.45) is 0 Å². The van der Waals surface area contributed by atoms with Crippen LogP contribution in [0.15, 0.2) is 0 Å². The van der Waals surface area contributed by atoms with Crippen LogP contribution in [-0.4, -0.2) is 24.4 Å². The van der Waals surface area contributed by atoms with Gasteiger partial charge in [0.1, 0.15) is 0 Å². The van der Waals surface area contributed by atoms with E-state index in [0.717, 1.165) is 0 Å². The molecule has 13 heavy (non-hydrogen) atoms. The number of hydrogen-bond acceptors (Lipinski definition) is 3. The molecular formula is C8H16BNO3. The lowest BCUT2D eigenvalue weighted by molar-refractivity contribution is -0.117. The molecule has 1 saturated heterocycles. The van der Waals surface area contributed by atoms with Gasteiger partial charge in [0.25, 0.3) is 0 Å². The molecule has 0 aromatic carbocycles. The van der Waals surface area contributed by atoms with E-state index in [0.29, 0.717) is 0 Å². The van der Waals surface area contributed by atoms with Gasteiger partial charge < -0.3 is 14.5 Å². The molecule has 1 N–H and O–H groups in total. The predicted molar refractivity (Wildman–Crippen MR) is 49.9 cm³/mol. The van der Waals surface area contributed by atoms with E-state index in [4.69, 9.17) is 9.31 Å². The first-order valence-electron chi connectivity index (χ1n) is 4.37. The second-order valence-corrected chi connectivity index (χ2v) is 4.29. The van der Waals surface area contributed by atoms with Crippen LogP contribution in [0.2, 0.25) is 0 Å². The molecule has 0 aromatic heterocycles. The third kappa shape index (κ3) is 2.03. The average Bonchev–Trinajstić information content (AvgIpc) is 1.98. The van der Waals surface area contributed by atoms with E-state index in [9.17, 15) is 4.79 Å². The monoisotopic (exact) mass is 185 g/mol. The Morgan fingerprint density at radius 2 is 1.54 bits per heavy atom. The number of nitrogens with one attached hydrogen (secondary N) is 1. The Morgan fingerprint density at radius 3 is 1.85 bits per heavy atom. The molecule has 1 rings (SSSR count). The fourth-order valence-corrected chi connectivity index (χ4v) is 1.07. The van der Waals surface area contributed by atoms with Crippen LogP contribution in [0.5, 0.6) is 0 Å². The molecule has 74 valence electrons. The highest BCUT2D eigenvalue weighted by molar-refractivity contribution is 6.46. The second-order valence-electron chi connectivity index (χ2n) is 4.29. The van der Waals surface area contributed by atoms with Crippen LogP contribution >= 0.6 is 0 Å². The summed E-state index contributed by atoms with van der Waals surface area (Å²) in [6.45, 7) is 9.19. The lowest BCUT2D eigenvalue weighted by atomic mass is 9.90.